The maximum Gasteiger partial charge on any atom is 0.0967 e. The van der Waals surface area contributed by atoms with Crippen LogP contribution in [0.2, 0.25) is 0 Å². The maximum atomic E-state index is 9.40. The molecule has 22 heavy (non-hydrogen) atoms. The Morgan fingerprint density at radius 2 is 2.23 bits per heavy atom. The summed E-state index contributed by atoms with van der Waals surface area (Å²) in [7, 11) is 0. The number of rotatable bonds is 5. The lowest BCUT2D eigenvalue weighted by molar-refractivity contribution is 0.168. The molecule has 1 aliphatic heterocycles. The Labute approximate surface area is 130 Å². The van der Waals surface area contributed by atoms with E-state index in [4.69, 9.17) is 0 Å². The van der Waals surface area contributed by atoms with Gasteiger partial charge in [0, 0.05) is 32.1 Å². The van der Waals surface area contributed by atoms with Crippen LogP contribution in [0.5, 0.6) is 0 Å². The molecule has 6 nitrogen and oxygen atoms in total. The van der Waals surface area contributed by atoms with Gasteiger partial charge in [0.1, 0.15) is 0 Å². The summed E-state index contributed by atoms with van der Waals surface area (Å²) in [5, 5.41) is 17.9. The third kappa shape index (κ3) is 4.11. The molecular formula is C16H23N5O. The third-order valence-electron chi connectivity index (χ3n) is 4.15. The Balaban J connectivity index is 1.59. The van der Waals surface area contributed by atoms with Crippen LogP contribution in [-0.4, -0.2) is 49.7 Å². The van der Waals surface area contributed by atoms with Gasteiger partial charge in [-0.3, -0.25) is 9.88 Å². The van der Waals surface area contributed by atoms with Crippen molar-refractivity contribution >= 4 is 0 Å². The molecule has 1 atom stereocenters. The summed E-state index contributed by atoms with van der Waals surface area (Å²) in [5.74, 6) is 0.396. The molecule has 118 valence electrons. The molecule has 0 amide bonds. The fourth-order valence-corrected chi connectivity index (χ4v) is 3.00. The zero-order chi connectivity index (χ0) is 15.2. The van der Waals surface area contributed by atoms with E-state index in [1.807, 2.05) is 29.2 Å². The van der Waals surface area contributed by atoms with E-state index in [0.717, 1.165) is 37.3 Å². The zero-order valence-electron chi connectivity index (χ0n) is 12.8. The van der Waals surface area contributed by atoms with E-state index in [0.29, 0.717) is 12.5 Å². The van der Waals surface area contributed by atoms with Gasteiger partial charge in [-0.05, 0) is 36.9 Å². The molecule has 1 unspecified atom stereocenters. The lowest BCUT2D eigenvalue weighted by Gasteiger charge is -2.21. The van der Waals surface area contributed by atoms with Crippen molar-refractivity contribution in [2.24, 2.45) is 5.92 Å². The molecule has 0 aliphatic carbocycles. The molecular weight excluding hydrogens is 278 g/mol. The van der Waals surface area contributed by atoms with Crippen LogP contribution in [0.25, 0.3) is 0 Å². The molecule has 2 aromatic heterocycles. The highest BCUT2D eigenvalue weighted by molar-refractivity contribution is 5.09. The first-order valence-corrected chi connectivity index (χ1v) is 7.94. The molecule has 0 spiro atoms. The number of pyridine rings is 1. The predicted octanol–water partition coefficient (Wildman–Crippen LogP) is 1.32. The van der Waals surface area contributed by atoms with Crippen molar-refractivity contribution in [1.29, 1.82) is 0 Å². The summed E-state index contributed by atoms with van der Waals surface area (Å²) in [6.45, 7) is 3.81. The molecule has 1 saturated heterocycles. The van der Waals surface area contributed by atoms with Crippen LogP contribution in [0.15, 0.2) is 30.7 Å². The number of hydrogen-bond acceptors (Lipinski definition) is 5. The first-order valence-electron chi connectivity index (χ1n) is 7.94. The maximum absolute atomic E-state index is 9.40. The lowest BCUT2D eigenvalue weighted by atomic mass is 10.1. The molecule has 1 N–H and O–H groups in total. The molecule has 3 heterocycles. The number of hydrogen-bond donors (Lipinski definition) is 1. The van der Waals surface area contributed by atoms with Crippen molar-refractivity contribution < 1.29 is 5.11 Å². The van der Waals surface area contributed by atoms with E-state index < -0.39 is 0 Å². The summed E-state index contributed by atoms with van der Waals surface area (Å²) >= 11 is 0. The SMILES string of the molecule is OCC1CCCCN(Cc2cn(Cc3cccnc3)nn2)C1. The Morgan fingerprint density at radius 3 is 3.05 bits per heavy atom. The minimum Gasteiger partial charge on any atom is -0.396 e. The Kier molecular flexibility index (Phi) is 5.13. The number of likely N-dealkylation sites (tertiary alicyclic amines) is 1. The van der Waals surface area contributed by atoms with Gasteiger partial charge in [0.05, 0.1) is 18.4 Å². The zero-order valence-corrected chi connectivity index (χ0v) is 12.8. The standard InChI is InChI=1S/C16H23N5O/c22-13-15-4-1-2-7-20(9-15)11-16-12-21(19-18-16)10-14-5-3-6-17-8-14/h3,5-6,8,12,15,22H,1-2,4,7,9-11,13H2. The second kappa shape index (κ2) is 7.47. The summed E-state index contributed by atoms with van der Waals surface area (Å²) in [6.07, 6.45) is 9.15. The molecule has 3 rings (SSSR count). The van der Waals surface area contributed by atoms with E-state index in [9.17, 15) is 5.11 Å². The minimum absolute atomic E-state index is 0.282. The van der Waals surface area contributed by atoms with Gasteiger partial charge in [0.25, 0.3) is 0 Å². The van der Waals surface area contributed by atoms with Gasteiger partial charge in [-0.15, -0.1) is 5.10 Å². The van der Waals surface area contributed by atoms with E-state index >= 15 is 0 Å². The molecule has 1 fully saturated rings. The summed E-state index contributed by atoms with van der Waals surface area (Å²) in [4.78, 5) is 6.50. The fourth-order valence-electron chi connectivity index (χ4n) is 3.00. The molecule has 1 aliphatic rings. The van der Waals surface area contributed by atoms with Crippen molar-refractivity contribution in [3.8, 4) is 0 Å². The summed E-state index contributed by atoms with van der Waals surface area (Å²) in [6, 6.07) is 3.97. The molecule has 6 heteroatoms. The van der Waals surface area contributed by atoms with Gasteiger partial charge in [0.15, 0.2) is 0 Å². The molecule has 2 aromatic rings. The van der Waals surface area contributed by atoms with Crippen LogP contribution in [0, 0.1) is 5.92 Å². The molecule has 0 radical (unpaired) electrons. The number of aliphatic hydroxyl groups is 1. The molecule has 0 saturated carbocycles. The topological polar surface area (TPSA) is 67.1 Å². The first-order chi connectivity index (χ1) is 10.8. The van der Waals surface area contributed by atoms with E-state index in [1.165, 1.54) is 12.8 Å². The van der Waals surface area contributed by atoms with Crippen molar-refractivity contribution in [3.63, 3.8) is 0 Å². The summed E-state index contributed by atoms with van der Waals surface area (Å²) < 4.78 is 1.85. The number of aromatic nitrogens is 4. The highest BCUT2D eigenvalue weighted by atomic mass is 16.3. The van der Waals surface area contributed by atoms with Crippen molar-refractivity contribution in [2.75, 3.05) is 19.7 Å². The monoisotopic (exact) mass is 301 g/mol. The quantitative estimate of drug-likeness (QED) is 0.902. The van der Waals surface area contributed by atoms with Gasteiger partial charge in [-0.2, -0.15) is 0 Å². The average molecular weight is 301 g/mol. The predicted molar refractivity (Wildman–Crippen MR) is 83.1 cm³/mol. The second-order valence-electron chi connectivity index (χ2n) is 6.05. The Bertz CT molecular complexity index is 571. The Morgan fingerprint density at radius 1 is 1.27 bits per heavy atom. The van der Waals surface area contributed by atoms with E-state index in [1.54, 1.807) is 6.20 Å². The summed E-state index contributed by atoms with van der Waals surface area (Å²) in [5.41, 5.74) is 2.11. The van der Waals surface area contributed by atoms with Gasteiger partial charge in [-0.25, -0.2) is 4.68 Å². The highest BCUT2D eigenvalue weighted by Crippen LogP contribution is 2.17. The van der Waals surface area contributed by atoms with Crippen LogP contribution in [0.1, 0.15) is 30.5 Å². The average Bonchev–Trinajstić information content (AvgIpc) is 2.84. The van der Waals surface area contributed by atoms with Gasteiger partial charge >= 0.3 is 0 Å². The van der Waals surface area contributed by atoms with Crippen LogP contribution >= 0.6 is 0 Å². The fraction of sp³-hybridized carbons (Fsp3) is 0.562. The first kappa shape index (κ1) is 15.1. The van der Waals surface area contributed by atoms with Crippen LogP contribution in [-0.2, 0) is 13.1 Å². The van der Waals surface area contributed by atoms with Gasteiger partial charge < -0.3 is 5.11 Å². The van der Waals surface area contributed by atoms with Gasteiger partial charge in [-0.1, -0.05) is 17.7 Å². The van der Waals surface area contributed by atoms with Gasteiger partial charge in [0.2, 0.25) is 0 Å². The lowest BCUT2D eigenvalue weighted by Crippen LogP contribution is -2.29. The van der Waals surface area contributed by atoms with Crippen molar-refractivity contribution in [2.45, 2.75) is 32.4 Å². The minimum atomic E-state index is 0.282. The van der Waals surface area contributed by atoms with Crippen LogP contribution in [0.4, 0.5) is 0 Å². The van der Waals surface area contributed by atoms with Crippen molar-refractivity contribution in [3.05, 3.63) is 42.0 Å². The van der Waals surface area contributed by atoms with E-state index in [2.05, 4.69) is 20.2 Å². The largest absolute Gasteiger partial charge is 0.396 e. The van der Waals surface area contributed by atoms with Crippen molar-refractivity contribution in [1.82, 2.24) is 24.9 Å². The van der Waals surface area contributed by atoms with Crippen LogP contribution in [0.3, 0.4) is 0 Å². The highest BCUT2D eigenvalue weighted by Gasteiger charge is 2.18. The Hall–Kier alpha value is -1.79. The van der Waals surface area contributed by atoms with E-state index in [-0.39, 0.29) is 6.61 Å². The number of nitrogens with zero attached hydrogens (tertiary/aromatic N) is 5. The second-order valence-corrected chi connectivity index (χ2v) is 6.05. The smallest absolute Gasteiger partial charge is 0.0967 e. The molecule has 0 aromatic carbocycles. The normalized spacial score (nSPS) is 20.0. The molecule has 0 bridgehead atoms. The van der Waals surface area contributed by atoms with Crippen LogP contribution < -0.4 is 0 Å². The number of aliphatic hydroxyl groups excluding tert-OH is 1. The third-order valence-corrected chi connectivity index (χ3v) is 4.15.